The molecule has 0 aliphatic rings. The maximum Gasteiger partial charge on any atom is 0.169 e. The third-order valence-corrected chi connectivity index (χ3v) is 3.13. The van der Waals surface area contributed by atoms with Crippen molar-refractivity contribution in [2.24, 2.45) is 0 Å². The lowest BCUT2D eigenvalue weighted by atomic mass is 10.1. The molecule has 2 aromatic heterocycles. The van der Waals surface area contributed by atoms with E-state index in [-0.39, 0.29) is 0 Å². The van der Waals surface area contributed by atoms with Crippen LogP contribution < -0.4 is 5.73 Å². The highest BCUT2D eigenvalue weighted by molar-refractivity contribution is 7.12. The minimum absolute atomic E-state index is 0.367. The molecule has 0 aliphatic carbocycles. The fraction of sp³-hybridized carbons (Fsp3) is 0. The van der Waals surface area contributed by atoms with Gasteiger partial charge < -0.3 is 5.73 Å². The van der Waals surface area contributed by atoms with Gasteiger partial charge in [-0.05, 0) is 0 Å². The maximum absolute atomic E-state index is 5.82. The third-order valence-electron chi connectivity index (χ3n) is 2.43. The standard InChI is InChI=1S/C12H9N5S/c13-11-10(12-17-15-7-18-12)16-9(6-14-11)8-4-2-1-3-5-8/h1-7H,(H2,13,14). The predicted octanol–water partition coefficient (Wildman–Crippen LogP) is 2.24. The van der Waals surface area contributed by atoms with Crippen molar-refractivity contribution < 1.29 is 0 Å². The lowest BCUT2D eigenvalue weighted by Crippen LogP contribution is -1.98. The number of benzene rings is 1. The molecule has 0 saturated heterocycles. The van der Waals surface area contributed by atoms with E-state index in [0.29, 0.717) is 16.5 Å². The van der Waals surface area contributed by atoms with Crippen molar-refractivity contribution in [3.63, 3.8) is 0 Å². The fourth-order valence-electron chi connectivity index (χ4n) is 1.58. The molecule has 0 fully saturated rings. The first-order valence-electron chi connectivity index (χ1n) is 5.29. The van der Waals surface area contributed by atoms with Gasteiger partial charge in [-0.2, -0.15) is 0 Å². The van der Waals surface area contributed by atoms with Gasteiger partial charge in [-0.3, -0.25) is 0 Å². The smallest absolute Gasteiger partial charge is 0.169 e. The number of hydrogen-bond acceptors (Lipinski definition) is 6. The summed E-state index contributed by atoms with van der Waals surface area (Å²) >= 11 is 1.39. The summed E-state index contributed by atoms with van der Waals surface area (Å²) in [5, 5.41) is 8.43. The molecule has 0 spiro atoms. The van der Waals surface area contributed by atoms with E-state index in [1.165, 1.54) is 11.3 Å². The Kier molecular flexibility index (Phi) is 2.70. The lowest BCUT2D eigenvalue weighted by molar-refractivity contribution is 1.08. The van der Waals surface area contributed by atoms with E-state index in [0.717, 1.165) is 11.3 Å². The van der Waals surface area contributed by atoms with Crippen LogP contribution in [0.2, 0.25) is 0 Å². The lowest BCUT2D eigenvalue weighted by Gasteiger charge is -2.04. The Hall–Kier alpha value is -2.34. The predicted molar refractivity (Wildman–Crippen MR) is 70.8 cm³/mol. The Morgan fingerprint density at radius 3 is 2.67 bits per heavy atom. The number of nitrogens with two attached hydrogens (primary N) is 1. The van der Waals surface area contributed by atoms with Crippen LogP contribution in [0.4, 0.5) is 5.82 Å². The van der Waals surface area contributed by atoms with Crippen LogP contribution >= 0.6 is 11.3 Å². The van der Waals surface area contributed by atoms with Gasteiger partial charge in [-0.25, -0.2) is 9.97 Å². The average molecular weight is 255 g/mol. The molecule has 88 valence electrons. The molecule has 3 rings (SSSR count). The summed E-state index contributed by atoms with van der Waals surface area (Å²) in [6.45, 7) is 0. The fourth-order valence-corrected chi connectivity index (χ4v) is 2.13. The van der Waals surface area contributed by atoms with Crippen LogP contribution in [0, 0.1) is 0 Å². The van der Waals surface area contributed by atoms with Crippen molar-refractivity contribution in [2.75, 3.05) is 5.73 Å². The molecular weight excluding hydrogens is 246 g/mol. The largest absolute Gasteiger partial charge is 0.382 e. The second-order valence-electron chi connectivity index (χ2n) is 3.60. The molecule has 3 aromatic rings. The number of hydrogen-bond donors (Lipinski definition) is 1. The maximum atomic E-state index is 5.82. The van der Waals surface area contributed by atoms with Crippen molar-refractivity contribution in [2.45, 2.75) is 0 Å². The minimum atomic E-state index is 0.367. The minimum Gasteiger partial charge on any atom is -0.382 e. The second-order valence-corrected chi connectivity index (χ2v) is 4.43. The van der Waals surface area contributed by atoms with Crippen LogP contribution in [0.5, 0.6) is 0 Å². The molecule has 5 nitrogen and oxygen atoms in total. The van der Waals surface area contributed by atoms with E-state index < -0.39 is 0 Å². The molecule has 18 heavy (non-hydrogen) atoms. The average Bonchev–Trinajstić information content (AvgIpc) is 2.94. The highest BCUT2D eigenvalue weighted by Gasteiger charge is 2.11. The summed E-state index contributed by atoms with van der Waals surface area (Å²) in [4.78, 5) is 8.67. The zero-order valence-corrected chi connectivity index (χ0v) is 10.1. The molecule has 2 heterocycles. The molecule has 0 atom stereocenters. The number of nitrogens with zero attached hydrogens (tertiary/aromatic N) is 4. The van der Waals surface area contributed by atoms with E-state index >= 15 is 0 Å². The first-order valence-corrected chi connectivity index (χ1v) is 6.17. The summed E-state index contributed by atoms with van der Waals surface area (Å²) in [5.74, 6) is 0.367. The molecular formula is C12H9N5S. The molecule has 0 bridgehead atoms. The molecule has 0 unspecified atom stereocenters. The van der Waals surface area contributed by atoms with Crippen LogP contribution in [-0.2, 0) is 0 Å². The van der Waals surface area contributed by atoms with Crippen molar-refractivity contribution >= 4 is 17.2 Å². The van der Waals surface area contributed by atoms with Crippen LogP contribution in [0.15, 0.2) is 42.0 Å². The summed E-state index contributed by atoms with van der Waals surface area (Å²) in [6.07, 6.45) is 1.66. The van der Waals surface area contributed by atoms with E-state index in [1.807, 2.05) is 30.3 Å². The van der Waals surface area contributed by atoms with Gasteiger partial charge in [0.05, 0.1) is 11.9 Å². The zero-order chi connectivity index (χ0) is 12.4. The number of aromatic nitrogens is 4. The van der Waals surface area contributed by atoms with E-state index in [4.69, 9.17) is 5.73 Å². The highest BCUT2D eigenvalue weighted by Crippen LogP contribution is 2.26. The normalized spacial score (nSPS) is 10.4. The van der Waals surface area contributed by atoms with Crippen molar-refractivity contribution in [3.05, 3.63) is 42.0 Å². The molecule has 0 radical (unpaired) electrons. The Morgan fingerprint density at radius 1 is 1.11 bits per heavy atom. The molecule has 1 aromatic carbocycles. The van der Waals surface area contributed by atoms with Gasteiger partial charge in [0.1, 0.15) is 11.2 Å². The number of anilines is 1. The summed E-state index contributed by atoms with van der Waals surface area (Å²) < 4.78 is 0. The van der Waals surface area contributed by atoms with Gasteiger partial charge in [0, 0.05) is 5.56 Å². The summed E-state index contributed by atoms with van der Waals surface area (Å²) in [6, 6.07) is 9.82. The number of nitrogen functional groups attached to an aromatic ring is 1. The Balaban J connectivity index is 2.12. The number of rotatable bonds is 2. The Labute approximate surface area is 107 Å². The molecule has 6 heteroatoms. The van der Waals surface area contributed by atoms with Crippen LogP contribution in [0.3, 0.4) is 0 Å². The molecule has 0 saturated carbocycles. The van der Waals surface area contributed by atoms with Crippen LogP contribution in [0.1, 0.15) is 0 Å². The van der Waals surface area contributed by atoms with Gasteiger partial charge in [-0.1, -0.05) is 41.7 Å². The van der Waals surface area contributed by atoms with Crippen LogP contribution in [0.25, 0.3) is 22.0 Å². The topological polar surface area (TPSA) is 77.6 Å². The van der Waals surface area contributed by atoms with Gasteiger partial charge in [0.2, 0.25) is 0 Å². The molecule has 2 N–H and O–H groups in total. The molecule has 0 amide bonds. The van der Waals surface area contributed by atoms with E-state index in [9.17, 15) is 0 Å². The van der Waals surface area contributed by atoms with Crippen molar-refractivity contribution in [3.8, 4) is 22.0 Å². The Bertz CT molecular complexity index is 651. The first-order chi connectivity index (χ1) is 8.84. The quantitative estimate of drug-likeness (QED) is 0.759. The van der Waals surface area contributed by atoms with Gasteiger partial charge in [0.25, 0.3) is 0 Å². The summed E-state index contributed by atoms with van der Waals surface area (Å²) in [7, 11) is 0. The van der Waals surface area contributed by atoms with Crippen molar-refractivity contribution in [1.82, 2.24) is 20.2 Å². The van der Waals surface area contributed by atoms with E-state index in [1.54, 1.807) is 11.7 Å². The monoisotopic (exact) mass is 255 g/mol. The third kappa shape index (κ3) is 1.93. The van der Waals surface area contributed by atoms with Gasteiger partial charge in [0.15, 0.2) is 10.8 Å². The zero-order valence-electron chi connectivity index (χ0n) is 9.32. The second kappa shape index (κ2) is 4.50. The van der Waals surface area contributed by atoms with Gasteiger partial charge in [-0.15, -0.1) is 10.2 Å². The highest BCUT2D eigenvalue weighted by atomic mass is 32.1. The molecule has 0 aliphatic heterocycles. The van der Waals surface area contributed by atoms with Gasteiger partial charge >= 0.3 is 0 Å². The SMILES string of the molecule is Nc1ncc(-c2ccccc2)nc1-c1nncs1. The Morgan fingerprint density at radius 2 is 1.94 bits per heavy atom. The first kappa shape index (κ1) is 10.8. The van der Waals surface area contributed by atoms with Crippen molar-refractivity contribution in [1.29, 1.82) is 0 Å². The van der Waals surface area contributed by atoms with E-state index in [2.05, 4.69) is 20.2 Å². The van der Waals surface area contributed by atoms with Crippen LogP contribution in [-0.4, -0.2) is 20.2 Å². The summed E-state index contributed by atoms with van der Waals surface area (Å²) in [5.41, 5.74) is 9.82.